The molecule has 0 spiro atoms. The molecule has 0 aliphatic carbocycles. The topological polar surface area (TPSA) is 55.7 Å². The molecule has 1 aromatic heterocycles. The van der Waals surface area contributed by atoms with Gasteiger partial charge in [0.05, 0.1) is 24.4 Å². The van der Waals surface area contributed by atoms with Crippen LogP contribution in [0.25, 0.3) is 0 Å². The smallest absolute Gasteiger partial charge is 0.203 e. The lowest BCUT2D eigenvalue weighted by Gasteiger charge is -2.20. The van der Waals surface area contributed by atoms with E-state index >= 15 is 0 Å². The fourth-order valence-corrected chi connectivity index (χ4v) is 2.90. The molecule has 1 N–H and O–H groups in total. The van der Waals surface area contributed by atoms with E-state index in [2.05, 4.69) is 15.5 Å². The van der Waals surface area contributed by atoms with Crippen molar-refractivity contribution in [3.63, 3.8) is 0 Å². The van der Waals surface area contributed by atoms with Crippen molar-refractivity contribution >= 4 is 34.3 Å². The van der Waals surface area contributed by atoms with Gasteiger partial charge >= 0.3 is 0 Å². The Kier molecular flexibility index (Phi) is 4.38. The minimum absolute atomic E-state index is 0.273. The first-order valence-electron chi connectivity index (χ1n) is 6.40. The molecule has 0 unspecified atom stereocenters. The number of hydrogen-bond donors (Lipinski definition) is 1. The van der Waals surface area contributed by atoms with Gasteiger partial charge in [-0.15, -0.1) is 22.9 Å². The number of anilines is 1. The number of aryl methyl sites for hydroxylation is 1. The number of halogens is 1. The second-order valence-corrected chi connectivity index (χ2v) is 5.70. The number of hydrogen-bond acceptors (Lipinski definition) is 6. The Morgan fingerprint density at radius 3 is 3.19 bits per heavy atom. The van der Waals surface area contributed by atoms with E-state index in [9.17, 15) is 0 Å². The van der Waals surface area contributed by atoms with Crippen LogP contribution in [0.15, 0.2) is 22.6 Å². The summed E-state index contributed by atoms with van der Waals surface area (Å²) in [5, 5.41) is 6.94. The Bertz CT molecular complexity index is 655. The highest BCUT2D eigenvalue weighted by Crippen LogP contribution is 2.30. The van der Waals surface area contributed by atoms with Gasteiger partial charge in [-0.2, -0.15) is 5.10 Å². The van der Waals surface area contributed by atoms with Crippen LogP contribution in [0.1, 0.15) is 22.4 Å². The maximum absolute atomic E-state index is 5.98. The molecule has 110 valence electrons. The summed E-state index contributed by atoms with van der Waals surface area (Å²) in [5.74, 6) is 1.22. The third-order valence-electron chi connectivity index (χ3n) is 2.95. The van der Waals surface area contributed by atoms with Gasteiger partial charge in [0.15, 0.2) is 6.79 Å². The number of hydrazone groups is 1. The molecule has 2 heterocycles. The standard InChI is InChI=1S/C14H14ClN3O2S/c1-9-7-21-14(17-9)18-16-5-10-2-11(4-15)13-12(3-10)6-19-8-20-13/h2-3,5,7H,4,6,8H2,1H3,(H,17,18). The first-order chi connectivity index (χ1) is 10.3. The van der Waals surface area contributed by atoms with Crippen LogP contribution in [0.4, 0.5) is 5.13 Å². The third-order valence-corrected chi connectivity index (χ3v) is 4.10. The van der Waals surface area contributed by atoms with Crippen molar-refractivity contribution in [2.45, 2.75) is 19.4 Å². The normalized spacial score (nSPS) is 14.0. The van der Waals surface area contributed by atoms with Crippen LogP contribution in [0.5, 0.6) is 5.75 Å². The van der Waals surface area contributed by atoms with Gasteiger partial charge in [0.2, 0.25) is 5.13 Å². The lowest BCUT2D eigenvalue weighted by molar-refractivity contribution is -0.0169. The van der Waals surface area contributed by atoms with Gasteiger partial charge in [0.1, 0.15) is 5.75 Å². The molecule has 1 aliphatic rings. The zero-order valence-electron chi connectivity index (χ0n) is 11.4. The quantitative estimate of drug-likeness (QED) is 0.531. The second kappa shape index (κ2) is 6.43. The zero-order chi connectivity index (χ0) is 14.7. The summed E-state index contributed by atoms with van der Waals surface area (Å²) in [7, 11) is 0. The van der Waals surface area contributed by atoms with E-state index in [1.807, 2.05) is 24.4 Å². The van der Waals surface area contributed by atoms with Crippen LogP contribution in [0.2, 0.25) is 0 Å². The average Bonchev–Trinajstić information content (AvgIpc) is 2.92. The molecule has 0 atom stereocenters. The number of nitrogens with zero attached hydrogens (tertiary/aromatic N) is 2. The number of benzene rings is 1. The molecule has 0 saturated heterocycles. The number of aromatic nitrogens is 1. The molecule has 0 bridgehead atoms. The van der Waals surface area contributed by atoms with Crippen molar-refractivity contribution in [1.29, 1.82) is 0 Å². The largest absolute Gasteiger partial charge is 0.467 e. The highest BCUT2D eigenvalue weighted by atomic mass is 35.5. The van der Waals surface area contributed by atoms with E-state index in [1.165, 1.54) is 11.3 Å². The summed E-state index contributed by atoms with van der Waals surface area (Å²) in [4.78, 5) is 4.28. The van der Waals surface area contributed by atoms with Crippen molar-refractivity contribution in [3.8, 4) is 5.75 Å². The van der Waals surface area contributed by atoms with Gasteiger partial charge in [0.25, 0.3) is 0 Å². The summed E-state index contributed by atoms with van der Waals surface area (Å²) in [5.41, 5.74) is 6.77. The van der Waals surface area contributed by atoms with Crippen molar-refractivity contribution in [2.75, 3.05) is 12.2 Å². The highest BCUT2D eigenvalue weighted by Gasteiger charge is 2.15. The van der Waals surface area contributed by atoms with Crippen LogP contribution in [0.3, 0.4) is 0 Å². The molecule has 21 heavy (non-hydrogen) atoms. The minimum atomic E-state index is 0.273. The van der Waals surface area contributed by atoms with Gasteiger partial charge in [0, 0.05) is 16.5 Å². The molecule has 2 aromatic rings. The fourth-order valence-electron chi connectivity index (χ4n) is 2.07. The van der Waals surface area contributed by atoms with Gasteiger partial charge in [-0.05, 0) is 24.6 Å². The number of rotatable bonds is 4. The van der Waals surface area contributed by atoms with Crippen molar-refractivity contribution in [2.24, 2.45) is 5.10 Å². The lowest BCUT2D eigenvalue weighted by atomic mass is 10.1. The van der Waals surface area contributed by atoms with E-state index < -0.39 is 0 Å². The van der Waals surface area contributed by atoms with E-state index in [0.717, 1.165) is 33.3 Å². The monoisotopic (exact) mass is 323 g/mol. The zero-order valence-corrected chi connectivity index (χ0v) is 13.0. The van der Waals surface area contributed by atoms with E-state index in [-0.39, 0.29) is 6.79 Å². The fraction of sp³-hybridized carbons (Fsp3) is 0.286. The Morgan fingerprint density at radius 2 is 2.43 bits per heavy atom. The molecule has 7 heteroatoms. The summed E-state index contributed by atoms with van der Waals surface area (Å²) in [6.07, 6.45) is 1.74. The van der Waals surface area contributed by atoms with Crippen LogP contribution in [-0.2, 0) is 17.2 Å². The van der Waals surface area contributed by atoms with E-state index in [4.69, 9.17) is 21.1 Å². The Balaban J connectivity index is 1.78. The maximum atomic E-state index is 5.98. The molecule has 0 radical (unpaired) electrons. The molecule has 3 rings (SSSR count). The van der Waals surface area contributed by atoms with Crippen molar-refractivity contribution in [1.82, 2.24) is 4.98 Å². The predicted octanol–water partition coefficient (Wildman–Crippen LogP) is 3.50. The van der Waals surface area contributed by atoms with Gasteiger partial charge in [-0.25, -0.2) is 4.98 Å². The molecule has 5 nitrogen and oxygen atoms in total. The molecule has 1 aliphatic heterocycles. The van der Waals surface area contributed by atoms with E-state index in [1.54, 1.807) is 6.21 Å². The second-order valence-electron chi connectivity index (χ2n) is 4.58. The number of thiazole rings is 1. The minimum Gasteiger partial charge on any atom is -0.467 e. The molecule has 0 fully saturated rings. The first-order valence-corrected chi connectivity index (χ1v) is 7.81. The number of fused-ring (bicyclic) bond motifs is 1. The van der Waals surface area contributed by atoms with Crippen LogP contribution in [-0.4, -0.2) is 18.0 Å². The molecular weight excluding hydrogens is 310 g/mol. The van der Waals surface area contributed by atoms with Gasteiger partial charge in [-0.1, -0.05) is 0 Å². The Labute approximate surface area is 131 Å². The highest BCUT2D eigenvalue weighted by molar-refractivity contribution is 7.13. The summed E-state index contributed by atoms with van der Waals surface area (Å²) in [6, 6.07) is 3.96. The summed E-state index contributed by atoms with van der Waals surface area (Å²) >= 11 is 7.50. The van der Waals surface area contributed by atoms with Crippen molar-refractivity contribution < 1.29 is 9.47 Å². The average molecular weight is 324 g/mol. The maximum Gasteiger partial charge on any atom is 0.203 e. The van der Waals surface area contributed by atoms with Gasteiger partial charge < -0.3 is 9.47 Å². The molecular formula is C14H14ClN3O2S. The Morgan fingerprint density at radius 1 is 1.52 bits per heavy atom. The molecule has 1 aromatic carbocycles. The first kappa shape index (κ1) is 14.3. The van der Waals surface area contributed by atoms with E-state index in [0.29, 0.717) is 12.5 Å². The molecule has 0 saturated carbocycles. The van der Waals surface area contributed by atoms with Crippen LogP contribution >= 0.6 is 22.9 Å². The summed E-state index contributed by atoms with van der Waals surface area (Å²) in [6.45, 7) is 2.75. The number of nitrogens with one attached hydrogen (secondary N) is 1. The lowest BCUT2D eigenvalue weighted by Crippen LogP contribution is -2.13. The SMILES string of the molecule is Cc1csc(NN=Cc2cc(CCl)c3c(c2)COCO3)n1. The van der Waals surface area contributed by atoms with Crippen molar-refractivity contribution in [3.05, 3.63) is 39.9 Å². The number of ether oxygens (including phenoxy) is 2. The van der Waals surface area contributed by atoms with Gasteiger partial charge in [-0.3, -0.25) is 5.43 Å². The number of alkyl halides is 1. The third kappa shape index (κ3) is 3.34. The molecule has 0 amide bonds. The van der Waals surface area contributed by atoms with Crippen LogP contribution < -0.4 is 10.2 Å². The van der Waals surface area contributed by atoms with Crippen LogP contribution in [0, 0.1) is 6.92 Å². The summed E-state index contributed by atoms with van der Waals surface area (Å²) < 4.78 is 10.8. The Hall–Kier alpha value is -1.63. The predicted molar refractivity (Wildman–Crippen MR) is 84.4 cm³/mol.